The number of rotatable bonds is 5. The number of hydrogen-bond acceptors (Lipinski definition) is 3. The maximum Gasteiger partial charge on any atom is 0.229 e. The Morgan fingerprint density at radius 2 is 1.57 bits per heavy atom. The molecule has 1 heterocycles. The number of benzene rings is 3. The van der Waals surface area contributed by atoms with Gasteiger partial charge in [-0.2, -0.15) is 0 Å². The molecule has 3 aromatic carbocycles. The largest absolute Gasteiger partial charge is 0.457 e. The number of halogens is 1. The summed E-state index contributed by atoms with van der Waals surface area (Å²) < 4.78 is 18.9. The average Bonchev–Trinajstić information content (AvgIpc) is 3.13. The Labute approximate surface area is 174 Å². The van der Waals surface area contributed by atoms with Crippen molar-refractivity contribution in [1.29, 1.82) is 0 Å². The fourth-order valence-corrected chi connectivity index (χ4v) is 3.35. The van der Waals surface area contributed by atoms with Crippen LogP contribution >= 0.6 is 0 Å². The van der Waals surface area contributed by atoms with E-state index in [1.165, 1.54) is 17.0 Å². The Bertz CT molecular complexity index is 1050. The van der Waals surface area contributed by atoms with E-state index in [4.69, 9.17) is 4.74 Å². The Kier molecular flexibility index (Phi) is 5.48. The molecule has 1 aliphatic heterocycles. The first-order valence-electron chi connectivity index (χ1n) is 9.69. The SMILES string of the molecule is Cc1ccc(Oc2ccc(NC(=O)[C@@H]3CC(=O)N(c4ccc(F)cc4)C3)cc2)cc1. The Morgan fingerprint density at radius 3 is 2.20 bits per heavy atom. The van der Waals surface area contributed by atoms with Crippen LogP contribution in [0.3, 0.4) is 0 Å². The summed E-state index contributed by atoms with van der Waals surface area (Å²) in [5.74, 6) is 0.197. The first kappa shape index (κ1) is 19.6. The van der Waals surface area contributed by atoms with Gasteiger partial charge in [0.15, 0.2) is 0 Å². The molecule has 0 saturated carbocycles. The molecule has 0 radical (unpaired) electrons. The highest BCUT2D eigenvalue weighted by Gasteiger charge is 2.35. The van der Waals surface area contributed by atoms with Gasteiger partial charge in [0.05, 0.1) is 5.92 Å². The molecule has 4 rings (SSSR count). The summed E-state index contributed by atoms with van der Waals surface area (Å²) in [6, 6.07) is 20.5. The molecule has 0 aliphatic carbocycles. The molecule has 0 bridgehead atoms. The number of nitrogens with zero attached hydrogens (tertiary/aromatic N) is 1. The second-order valence-corrected chi connectivity index (χ2v) is 7.31. The molecular formula is C24H21FN2O3. The van der Waals surface area contributed by atoms with Crippen molar-refractivity contribution in [2.45, 2.75) is 13.3 Å². The minimum atomic E-state index is -0.467. The molecule has 5 nitrogen and oxygen atoms in total. The van der Waals surface area contributed by atoms with Gasteiger partial charge in [0.1, 0.15) is 17.3 Å². The monoisotopic (exact) mass is 404 g/mol. The normalized spacial score (nSPS) is 15.9. The van der Waals surface area contributed by atoms with Gasteiger partial charge in [-0.15, -0.1) is 0 Å². The third-order valence-electron chi connectivity index (χ3n) is 5.01. The minimum Gasteiger partial charge on any atom is -0.457 e. The van der Waals surface area contributed by atoms with Crippen molar-refractivity contribution in [2.75, 3.05) is 16.8 Å². The third kappa shape index (κ3) is 4.49. The van der Waals surface area contributed by atoms with Gasteiger partial charge in [-0.1, -0.05) is 17.7 Å². The Hall–Kier alpha value is -3.67. The lowest BCUT2D eigenvalue weighted by atomic mass is 10.1. The van der Waals surface area contributed by atoms with E-state index in [1.807, 2.05) is 31.2 Å². The number of nitrogens with one attached hydrogen (secondary N) is 1. The topological polar surface area (TPSA) is 58.6 Å². The summed E-state index contributed by atoms with van der Waals surface area (Å²) in [4.78, 5) is 26.4. The van der Waals surface area contributed by atoms with Crippen molar-refractivity contribution < 1.29 is 18.7 Å². The zero-order valence-corrected chi connectivity index (χ0v) is 16.5. The van der Waals surface area contributed by atoms with E-state index in [9.17, 15) is 14.0 Å². The quantitative estimate of drug-likeness (QED) is 0.657. The summed E-state index contributed by atoms with van der Waals surface area (Å²) in [5.41, 5.74) is 2.38. The Balaban J connectivity index is 1.36. The van der Waals surface area contributed by atoms with Gasteiger partial charge in [0.2, 0.25) is 11.8 Å². The van der Waals surface area contributed by atoms with Crippen LogP contribution in [0.25, 0.3) is 0 Å². The molecule has 0 unspecified atom stereocenters. The summed E-state index contributed by atoms with van der Waals surface area (Å²) >= 11 is 0. The van der Waals surface area contributed by atoms with Crippen molar-refractivity contribution in [2.24, 2.45) is 5.92 Å². The standard InChI is InChI=1S/C24H21FN2O3/c1-16-2-10-21(11-3-16)30-22-12-6-19(7-13-22)26-24(29)17-14-23(28)27(15-17)20-8-4-18(25)5-9-20/h2-13,17H,14-15H2,1H3,(H,26,29)/t17-/m1/s1. The van der Waals surface area contributed by atoms with Crippen molar-refractivity contribution in [3.05, 3.63) is 84.2 Å². The zero-order valence-electron chi connectivity index (χ0n) is 16.5. The molecule has 3 aromatic rings. The number of ether oxygens (including phenoxy) is 1. The van der Waals surface area contributed by atoms with E-state index in [0.29, 0.717) is 17.1 Å². The summed E-state index contributed by atoms with van der Waals surface area (Å²) in [5, 5.41) is 2.85. The first-order valence-corrected chi connectivity index (χ1v) is 9.69. The second kappa shape index (κ2) is 8.37. The van der Waals surface area contributed by atoms with E-state index in [-0.39, 0.29) is 30.6 Å². The number of aryl methyl sites for hydroxylation is 1. The van der Waals surface area contributed by atoms with Gasteiger partial charge in [-0.25, -0.2) is 4.39 Å². The molecule has 1 N–H and O–H groups in total. The fraction of sp³-hybridized carbons (Fsp3) is 0.167. The molecule has 1 saturated heterocycles. The summed E-state index contributed by atoms with van der Waals surface area (Å²) in [6.07, 6.45) is 0.123. The smallest absolute Gasteiger partial charge is 0.229 e. The molecule has 152 valence electrons. The average molecular weight is 404 g/mol. The maximum absolute atomic E-state index is 13.1. The van der Waals surface area contributed by atoms with Gasteiger partial charge in [0.25, 0.3) is 0 Å². The summed E-state index contributed by atoms with van der Waals surface area (Å²) in [6.45, 7) is 2.28. The molecule has 1 aliphatic rings. The number of amides is 2. The molecule has 2 amide bonds. The predicted octanol–water partition coefficient (Wildman–Crippen LogP) is 4.92. The third-order valence-corrected chi connectivity index (χ3v) is 5.01. The second-order valence-electron chi connectivity index (χ2n) is 7.31. The van der Waals surface area contributed by atoms with Crippen LogP contribution in [-0.2, 0) is 9.59 Å². The van der Waals surface area contributed by atoms with E-state index < -0.39 is 5.92 Å². The number of carbonyl (C=O) groups is 2. The lowest BCUT2D eigenvalue weighted by molar-refractivity contribution is -0.122. The van der Waals surface area contributed by atoms with Gasteiger partial charge in [-0.05, 0) is 67.6 Å². The van der Waals surface area contributed by atoms with Crippen LogP contribution in [0.4, 0.5) is 15.8 Å². The van der Waals surface area contributed by atoms with E-state index in [2.05, 4.69) is 5.32 Å². The molecule has 1 atom stereocenters. The van der Waals surface area contributed by atoms with Crippen molar-refractivity contribution in [1.82, 2.24) is 0 Å². The van der Waals surface area contributed by atoms with Gasteiger partial charge < -0.3 is 15.0 Å². The van der Waals surface area contributed by atoms with Crippen LogP contribution in [0, 0.1) is 18.7 Å². The van der Waals surface area contributed by atoms with E-state index in [0.717, 1.165) is 11.3 Å². The summed E-state index contributed by atoms with van der Waals surface area (Å²) in [7, 11) is 0. The van der Waals surface area contributed by atoms with Crippen LogP contribution in [0.5, 0.6) is 11.5 Å². The maximum atomic E-state index is 13.1. The zero-order chi connectivity index (χ0) is 21.1. The molecule has 0 aromatic heterocycles. The van der Waals surface area contributed by atoms with Crippen molar-refractivity contribution >= 4 is 23.2 Å². The van der Waals surface area contributed by atoms with Crippen LogP contribution in [0.1, 0.15) is 12.0 Å². The Morgan fingerprint density at radius 1 is 0.967 bits per heavy atom. The lowest BCUT2D eigenvalue weighted by Crippen LogP contribution is -2.28. The number of anilines is 2. The molecule has 6 heteroatoms. The number of hydrogen-bond donors (Lipinski definition) is 1. The van der Waals surface area contributed by atoms with Crippen LogP contribution in [0.2, 0.25) is 0 Å². The van der Waals surface area contributed by atoms with Crippen molar-refractivity contribution in [3.63, 3.8) is 0 Å². The van der Waals surface area contributed by atoms with Crippen LogP contribution in [-0.4, -0.2) is 18.4 Å². The number of carbonyl (C=O) groups excluding carboxylic acids is 2. The highest BCUT2D eigenvalue weighted by atomic mass is 19.1. The predicted molar refractivity (Wildman–Crippen MR) is 113 cm³/mol. The van der Waals surface area contributed by atoms with Crippen LogP contribution in [0.15, 0.2) is 72.8 Å². The molecule has 1 fully saturated rings. The highest BCUT2D eigenvalue weighted by Crippen LogP contribution is 2.27. The fourth-order valence-electron chi connectivity index (χ4n) is 3.35. The van der Waals surface area contributed by atoms with E-state index in [1.54, 1.807) is 36.4 Å². The molecule has 30 heavy (non-hydrogen) atoms. The lowest BCUT2D eigenvalue weighted by Gasteiger charge is -2.16. The highest BCUT2D eigenvalue weighted by molar-refractivity contribution is 6.03. The van der Waals surface area contributed by atoms with Gasteiger partial charge in [0, 0.05) is 24.3 Å². The minimum absolute atomic E-state index is 0.123. The van der Waals surface area contributed by atoms with Crippen molar-refractivity contribution in [3.8, 4) is 11.5 Å². The molecular weight excluding hydrogens is 383 g/mol. The van der Waals surface area contributed by atoms with Gasteiger partial charge >= 0.3 is 0 Å². The van der Waals surface area contributed by atoms with Gasteiger partial charge in [-0.3, -0.25) is 9.59 Å². The first-order chi connectivity index (χ1) is 14.5. The van der Waals surface area contributed by atoms with E-state index >= 15 is 0 Å². The molecule has 0 spiro atoms. The van der Waals surface area contributed by atoms with Crippen LogP contribution < -0.4 is 15.0 Å².